The molecule has 0 saturated carbocycles. The number of amides is 2. The van der Waals surface area contributed by atoms with Gasteiger partial charge in [-0.15, -0.1) is 5.10 Å². The number of hydrogen-bond donors (Lipinski definition) is 1. The average Bonchev–Trinajstić information content (AvgIpc) is 3.27. The largest absolute Gasteiger partial charge is 0.354 e. The summed E-state index contributed by atoms with van der Waals surface area (Å²) in [5.41, 5.74) is 2.25. The minimum absolute atomic E-state index is 0.200. The number of nitrogens with zero attached hydrogens (tertiary/aromatic N) is 4. The van der Waals surface area contributed by atoms with Gasteiger partial charge < -0.3 is 5.32 Å². The maximum Gasteiger partial charge on any atom is 0.249 e. The molecule has 1 heterocycles. The first-order valence-corrected chi connectivity index (χ1v) is 12.1. The minimum Gasteiger partial charge on any atom is -0.354 e. The number of anilines is 1. The van der Waals surface area contributed by atoms with Gasteiger partial charge in [0.25, 0.3) is 0 Å². The van der Waals surface area contributed by atoms with E-state index in [9.17, 15) is 18.4 Å². The van der Waals surface area contributed by atoms with Crippen molar-refractivity contribution in [1.82, 2.24) is 20.3 Å². The van der Waals surface area contributed by atoms with Gasteiger partial charge in [-0.05, 0) is 66.8 Å². The molecule has 1 N–H and O–H groups in total. The Morgan fingerprint density at radius 3 is 2.46 bits per heavy atom. The van der Waals surface area contributed by atoms with Crippen LogP contribution in [0.25, 0.3) is 11.0 Å². The van der Waals surface area contributed by atoms with Crippen molar-refractivity contribution in [1.29, 1.82) is 0 Å². The predicted octanol–water partition coefficient (Wildman–Crippen LogP) is 4.95. The number of rotatable bonds is 9. The number of fused-ring (bicyclic) bond motifs is 1. The van der Waals surface area contributed by atoms with Crippen LogP contribution < -0.4 is 10.2 Å². The van der Waals surface area contributed by atoms with Gasteiger partial charge in [0, 0.05) is 12.2 Å². The molecular formula is C28H29F2N5O2. The third-order valence-electron chi connectivity index (χ3n) is 6.12. The molecule has 37 heavy (non-hydrogen) atoms. The molecule has 0 spiro atoms. The lowest BCUT2D eigenvalue weighted by Gasteiger charge is -2.32. The lowest BCUT2D eigenvalue weighted by Crippen LogP contribution is -2.45. The van der Waals surface area contributed by atoms with Gasteiger partial charge in [0.15, 0.2) is 0 Å². The summed E-state index contributed by atoms with van der Waals surface area (Å²) in [6.45, 7) is 5.84. The van der Waals surface area contributed by atoms with Crippen molar-refractivity contribution in [2.45, 2.75) is 39.8 Å². The van der Waals surface area contributed by atoms with Crippen LogP contribution in [0.3, 0.4) is 0 Å². The second-order valence-corrected chi connectivity index (χ2v) is 9.36. The van der Waals surface area contributed by atoms with E-state index in [0.29, 0.717) is 34.6 Å². The number of benzene rings is 3. The van der Waals surface area contributed by atoms with E-state index in [-0.39, 0.29) is 12.2 Å². The molecule has 0 unspecified atom stereocenters. The standard InChI is InChI=1S/C28H29F2N5O2/c1-18(2)14-15-31-28(37)27(20-9-11-21(29)12-10-20)35(22-13-8-19(3)23(30)16-22)26(36)17-34-25-7-5-4-6-24(25)32-33-34/h4-13,16,18,27H,14-15,17H2,1-3H3,(H,31,37)/t27-/m0/s1. The summed E-state index contributed by atoms with van der Waals surface area (Å²) in [6, 6.07) is 15.8. The van der Waals surface area contributed by atoms with E-state index >= 15 is 0 Å². The summed E-state index contributed by atoms with van der Waals surface area (Å²) in [4.78, 5) is 28.7. The molecule has 192 valence electrons. The number of carbonyl (C=O) groups excluding carboxylic acids is 2. The molecule has 4 aromatic rings. The number of para-hydroxylation sites is 1. The number of nitrogens with one attached hydrogen (secondary N) is 1. The number of hydrogen-bond acceptors (Lipinski definition) is 4. The molecule has 3 aromatic carbocycles. The number of aromatic nitrogens is 3. The fourth-order valence-electron chi connectivity index (χ4n) is 4.05. The number of halogens is 2. The Bertz CT molecular complexity index is 1400. The monoisotopic (exact) mass is 505 g/mol. The highest BCUT2D eigenvalue weighted by Gasteiger charge is 2.33. The summed E-state index contributed by atoms with van der Waals surface area (Å²) in [6.07, 6.45) is 0.736. The van der Waals surface area contributed by atoms with Gasteiger partial charge in [0.2, 0.25) is 11.8 Å². The van der Waals surface area contributed by atoms with Crippen molar-refractivity contribution in [3.05, 3.63) is 89.5 Å². The molecule has 0 aliphatic rings. The molecule has 0 radical (unpaired) electrons. The number of aryl methyl sites for hydroxylation is 1. The van der Waals surface area contributed by atoms with Crippen LogP contribution in [-0.2, 0) is 16.1 Å². The van der Waals surface area contributed by atoms with E-state index in [0.717, 1.165) is 6.42 Å². The number of carbonyl (C=O) groups is 2. The highest BCUT2D eigenvalue weighted by Crippen LogP contribution is 2.30. The molecule has 0 aliphatic carbocycles. The predicted molar refractivity (Wildman–Crippen MR) is 138 cm³/mol. The van der Waals surface area contributed by atoms with E-state index in [1.807, 2.05) is 26.0 Å². The first kappa shape index (κ1) is 25.9. The zero-order valence-corrected chi connectivity index (χ0v) is 21.0. The summed E-state index contributed by atoms with van der Waals surface area (Å²) >= 11 is 0. The smallest absolute Gasteiger partial charge is 0.249 e. The Morgan fingerprint density at radius 1 is 1.03 bits per heavy atom. The van der Waals surface area contributed by atoms with Gasteiger partial charge in [0.05, 0.1) is 5.52 Å². The molecule has 0 fully saturated rings. The van der Waals surface area contributed by atoms with Gasteiger partial charge in [-0.2, -0.15) is 0 Å². The fraction of sp³-hybridized carbons (Fsp3) is 0.286. The zero-order chi connectivity index (χ0) is 26.5. The van der Waals surface area contributed by atoms with Gasteiger partial charge in [-0.1, -0.05) is 49.4 Å². The van der Waals surface area contributed by atoms with E-state index in [1.165, 1.54) is 39.9 Å². The Labute approximate surface area is 214 Å². The second-order valence-electron chi connectivity index (χ2n) is 9.36. The highest BCUT2D eigenvalue weighted by molar-refractivity contribution is 6.01. The van der Waals surface area contributed by atoms with Crippen LogP contribution in [0.5, 0.6) is 0 Å². The molecule has 0 aliphatic heterocycles. The first-order chi connectivity index (χ1) is 17.7. The molecule has 1 atom stereocenters. The van der Waals surface area contributed by atoms with Crippen molar-refractivity contribution in [3.8, 4) is 0 Å². The zero-order valence-electron chi connectivity index (χ0n) is 21.0. The molecule has 1 aromatic heterocycles. The van der Waals surface area contributed by atoms with Crippen LogP contribution in [0.1, 0.15) is 37.4 Å². The maximum absolute atomic E-state index is 14.7. The second kappa shape index (κ2) is 11.3. The summed E-state index contributed by atoms with van der Waals surface area (Å²) in [5, 5.41) is 11.1. The third kappa shape index (κ3) is 5.99. The summed E-state index contributed by atoms with van der Waals surface area (Å²) in [5.74, 6) is -1.60. The Balaban J connectivity index is 1.78. The van der Waals surface area contributed by atoms with Crippen LogP contribution in [0, 0.1) is 24.5 Å². The quantitative estimate of drug-likeness (QED) is 0.349. The lowest BCUT2D eigenvalue weighted by atomic mass is 10.0. The molecule has 0 saturated heterocycles. The van der Waals surface area contributed by atoms with Gasteiger partial charge >= 0.3 is 0 Å². The van der Waals surface area contributed by atoms with Crippen molar-refractivity contribution >= 4 is 28.5 Å². The Morgan fingerprint density at radius 2 is 1.76 bits per heavy atom. The first-order valence-electron chi connectivity index (χ1n) is 12.1. The molecular weight excluding hydrogens is 476 g/mol. The SMILES string of the molecule is Cc1ccc(N(C(=O)Cn2nnc3ccccc32)[C@H](C(=O)NCCC(C)C)c2ccc(F)cc2)cc1F. The van der Waals surface area contributed by atoms with Crippen LogP contribution in [0.15, 0.2) is 66.7 Å². The minimum atomic E-state index is -1.17. The summed E-state index contributed by atoms with van der Waals surface area (Å²) in [7, 11) is 0. The molecule has 4 rings (SSSR count). The van der Waals surface area contributed by atoms with E-state index in [4.69, 9.17) is 0 Å². The van der Waals surface area contributed by atoms with Gasteiger partial charge in [0.1, 0.15) is 29.7 Å². The van der Waals surface area contributed by atoms with E-state index < -0.39 is 29.5 Å². The van der Waals surface area contributed by atoms with Crippen molar-refractivity contribution in [2.75, 3.05) is 11.4 Å². The van der Waals surface area contributed by atoms with E-state index in [2.05, 4.69) is 15.6 Å². The lowest BCUT2D eigenvalue weighted by molar-refractivity contribution is -0.127. The van der Waals surface area contributed by atoms with Crippen molar-refractivity contribution in [3.63, 3.8) is 0 Å². The average molecular weight is 506 g/mol. The van der Waals surface area contributed by atoms with E-state index in [1.54, 1.807) is 31.2 Å². The molecule has 7 nitrogen and oxygen atoms in total. The molecule has 2 amide bonds. The van der Waals surface area contributed by atoms with Crippen LogP contribution in [0.2, 0.25) is 0 Å². The maximum atomic E-state index is 14.7. The third-order valence-corrected chi connectivity index (χ3v) is 6.12. The van der Waals surface area contributed by atoms with Crippen molar-refractivity contribution < 1.29 is 18.4 Å². The highest BCUT2D eigenvalue weighted by atomic mass is 19.1. The van der Waals surface area contributed by atoms with Gasteiger partial charge in [-0.3, -0.25) is 14.5 Å². The Hall–Kier alpha value is -4.14. The van der Waals surface area contributed by atoms with Gasteiger partial charge in [-0.25, -0.2) is 13.5 Å². The van der Waals surface area contributed by atoms with Crippen LogP contribution in [0.4, 0.5) is 14.5 Å². The van der Waals surface area contributed by atoms with Crippen molar-refractivity contribution in [2.24, 2.45) is 5.92 Å². The Kier molecular flexibility index (Phi) is 7.91. The fourth-order valence-corrected chi connectivity index (χ4v) is 4.05. The molecule has 9 heteroatoms. The topological polar surface area (TPSA) is 80.1 Å². The molecule has 0 bridgehead atoms. The van der Waals surface area contributed by atoms with Crippen LogP contribution in [-0.4, -0.2) is 33.4 Å². The van der Waals surface area contributed by atoms with Crippen LogP contribution >= 0.6 is 0 Å². The normalized spacial score (nSPS) is 12.1. The summed E-state index contributed by atoms with van der Waals surface area (Å²) < 4.78 is 29.9.